The summed E-state index contributed by atoms with van der Waals surface area (Å²) in [5.74, 6) is -0.460. The molecule has 0 bridgehead atoms. The van der Waals surface area contributed by atoms with Gasteiger partial charge in [-0.2, -0.15) is 0 Å². The lowest BCUT2D eigenvalue weighted by Gasteiger charge is -2.14. The molecule has 5 nitrogen and oxygen atoms in total. The number of hydrogen-bond acceptors (Lipinski definition) is 3. The van der Waals surface area contributed by atoms with E-state index in [-0.39, 0.29) is 12.3 Å². The summed E-state index contributed by atoms with van der Waals surface area (Å²) in [6.07, 6.45) is -0.141. The number of aryl methyl sites for hydroxylation is 1. The largest absolute Gasteiger partial charge is 0.481 e. The van der Waals surface area contributed by atoms with Gasteiger partial charge in [0.15, 0.2) is 6.10 Å². The SMILES string of the molecule is Cc1cccc(OC(C)C(=O)NCCCC(=O)O)c1. The second kappa shape index (κ2) is 7.41. The number of carboxylic acid groups (broad SMARTS) is 1. The van der Waals surface area contributed by atoms with Crippen LogP contribution in [0.25, 0.3) is 0 Å². The minimum absolute atomic E-state index is 0.0490. The highest BCUT2D eigenvalue weighted by molar-refractivity contribution is 5.80. The van der Waals surface area contributed by atoms with E-state index in [9.17, 15) is 9.59 Å². The average molecular weight is 265 g/mol. The fraction of sp³-hybridized carbons (Fsp3) is 0.429. The van der Waals surface area contributed by atoms with E-state index in [4.69, 9.17) is 9.84 Å². The van der Waals surface area contributed by atoms with Gasteiger partial charge in [0.2, 0.25) is 0 Å². The molecule has 1 aromatic rings. The number of ether oxygens (including phenoxy) is 1. The number of carbonyl (C=O) groups is 2. The first kappa shape index (κ1) is 15.0. The van der Waals surface area contributed by atoms with Gasteiger partial charge in [-0.25, -0.2) is 0 Å². The first-order valence-electron chi connectivity index (χ1n) is 6.22. The third-order valence-electron chi connectivity index (χ3n) is 2.54. The van der Waals surface area contributed by atoms with E-state index in [1.54, 1.807) is 13.0 Å². The molecule has 0 radical (unpaired) electrons. The molecule has 0 fully saturated rings. The van der Waals surface area contributed by atoms with Crippen molar-refractivity contribution in [2.24, 2.45) is 0 Å². The minimum atomic E-state index is -0.863. The highest BCUT2D eigenvalue weighted by Crippen LogP contribution is 2.14. The van der Waals surface area contributed by atoms with Crippen LogP contribution in [0.3, 0.4) is 0 Å². The molecule has 1 aromatic carbocycles. The average Bonchev–Trinajstić information content (AvgIpc) is 2.34. The second-order valence-electron chi connectivity index (χ2n) is 4.36. The molecule has 0 saturated carbocycles. The first-order chi connectivity index (χ1) is 8.99. The number of aliphatic carboxylic acids is 1. The molecule has 0 aliphatic carbocycles. The van der Waals surface area contributed by atoms with Crippen molar-refractivity contribution in [1.29, 1.82) is 0 Å². The number of carboxylic acids is 1. The third kappa shape index (κ3) is 5.90. The van der Waals surface area contributed by atoms with E-state index in [2.05, 4.69) is 5.32 Å². The Morgan fingerprint density at radius 3 is 2.79 bits per heavy atom. The van der Waals surface area contributed by atoms with E-state index in [1.807, 2.05) is 25.1 Å². The zero-order chi connectivity index (χ0) is 14.3. The quantitative estimate of drug-likeness (QED) is 0.736. The lowest BCUT2D eigenvalue weighted by Crippen LogP contribution is -2.36. The van der Waals surface area contributed by atoms with Gasteiger partial charge < -0.3 is 15.2 Å². The highest BCUT2D eigenvalue weighted by atomic mass is 16.5. The van der Waals surface area contributed by atoms with Crippen LogP contribution in [0, 0.1) is 6.92 Å². The van der Waals surface area contributed by atoms with Crippen LogP contribution in [0.15, 0.2) is 24.3 Å². The number of amides is 1. The van der Waals surface area contributed by atoms with Crippen LogP contribution in [0.1, 0.15) is 25.3 Å². The van der Waals surface area contributed by atoms with Gasteiger partial charge in [0, 0.05) is 13.0 Å². The van der Waals surface area contributed by atoms with Crippen LogP contribution in [-0.2, 0) is 9.59 Å². The molecule has 0 aliphatic heterocycles. The van der Waals surface area contributed by atoms with Crippen molar-refractivity contribution in [2.75, 3.05) is 6.54 Å². The Hall–Kier alpha value is -2.04. The Bertz CT molecular complexity index is 445. The van der Waals surface area contributed by atoms with Gasteiger partial charge in [0.25, 0.3) is 5.91 Å². The third-order valence-corrected chi connectivity index (χ3v) is 2.54. The normalized spacial score (nSPS) is 11.7. The Labute approximate surface area is 112 Å². The fourth-order valence-corrected chi connectivity index (χ4v) is 1.54. The van der Waals surface area contributed by atoms with Crippen molar-refractivity contribution >= 4 is 11.9 Å². The molecule has 0 aromatic heterocycles. The van der Waals surface area contributed by atoms with Crippen LogP contribution < -0.4 is 10.1 Å². The van der Waals surface area contributed by atoms with Crippen LogP contribution in [0.5, 0.6) is 5.75 Å². The summed E-state index contributed by atoms with van der Waals surface area (Å²) in [5, 5.41) is 11.1. The van der Waals surface area contributed by atoms with Gasteiger partial charge in [-0.15, -0.1) is 0 Å². The molecular formula is C14H19NO4. The van der Waals surface area contributed by atoms with Crippen molar-refractivity contribution in [3.05, 3.63) is 29.8 Å². The Morgan fingerprint density at radius 2 is 2.16 bits per heavy atom. The maximum Gasteiger partial charge on any atom is 0.303 e. The van der Waals surface area contributed by atoms with E-state index in [0.29, 0.717) is 18.7 Å². The number of hydrogen-bond donors (Lipinski definition) is 2. The molecule has 1 atom stereocenters. The Kier molecular flexibility index (Phi) is 5.85. The zero-order valence-corrected chi connectivity index (χ0v) is 11.2. The molecule has 0 spiro atoms. The summed E-state index contributed by atoms with van der Waals surface area (Å²) in [4.78, 5) is 22.0. The summed E-state index contributed by atoms with van der Waals surface area (Å²) < 4.78 is 5.51. The maximum absolute atomic E-state index is 11.7. The smallest absolute Gasteiger partial charge is 0.303 e. The molecule has 1 amide bonds. The van der Waals surface area contributed by atoms with E-state index in [0.717, 1.165) is 5.56 Å². The molecule has 19 heavy (non-hydrogen) atoms. The molecule has 5 heteroatoms. The number of rotatable bonds is 7. The van der Waals surface area contributed by atoms with Crippen molar-refractivity contribution in [3.63, 3.8) is 0 Å². The van der Waals surface area contributed by atoms with Crippen LogP contribution in [0.2, 0.25) is 0 Å². The summed E-state index contributed by atoms with van der Waals surface area (Å²) >= 11 is 0. The van der Waals surface area contributed by atoms with Crippen molar-refractivity contribution < 1.29 is 19.4 Å². The molecule has 104 valence electrons. The monoisotopic (exact) mass is 265 g/mol. The van der Waals surface area contributed by atoms with Crippen molar-refractivity contribution in [3.8, 4) is 5.75 Å². The summed E-state index contributed by atoms with van der Waals surface area (Å²) in [6, 6.07) is 7.46. The zero-order valence-electron chi connectivity index (χ0n) is 11.2. The van der Waals surface area contributed by atoms with Crippen molar-refractivity contribution in [2.45, 2.75) is 32.8 Å². The van der Waals surface area contributed by atoms with Gasteiger partial charge in [0.05, 0.1) is 0 Å². The molecule has 1 rings (SSSR count). The number of carbonyl (C=O) groups excluding carboxylic acids is 1. The van der Waals surface area contributed by atoms with Gasteiger partial charge in [0.1, 0.15) is 5.75 Å². The van der Waals surface area contributed by atoms with Gasteiger partial charge >= 0.3 is 5.97 Å². The Balaban J connectivity index is 2.34. The lowest BCUT2D eigenvalue weighted by atomic mass is 10.2. The van der Waals surface area contributed by atoms with Gasteiger partial charge in [-0.1, -0.05) is 12.1 Å². The van der Waals surface area contributed by atoms with Gasteiger partial charge in [-0.3, -0.25) is 9.59 Å². The predicted molar refractivity (Wildman–Crippen MR) is 71.1 cm³/mol. The van der Waals surface area contributed by atoms with E-state index < -0.39 is 12.1 Å². The fourth-order valence-electron chi connectivity index (χ4n) is 1.54. The highest BCUT2D eigenvalue weighted by Gasteiger charge is 2.14. The summed E-state index contributed by atoms with van der Waals surface area (Å²) in [6.45, 7) is 3.95. The number of benzene rings is 1. The molecular weight excluding hydrogens is 246 g/mol. The second-order valence-corrected chi connectivity index (χ2v) is 4.36. The Morgan fingerprint density at radius 1 is 1.42 bits per heavy atom. The van der Waals surface area contributed by atoms with E-state index in [1.165, 1.54) is 0 Å². The van der Waals surface area contributed by atoms with Crippen LogP contribution in [0.4, 0.5) is 0 Å². The molecule has 0 saturated heterocycles. The summed E-state index contributed by atoms with van der Waals surface area (Å²) in [7, 11) is 0. The molecule has 2 N–H and O–H groups in total. The molecule has 1 unspecified atom stereocenters. The van der Waals surface area contributed by atoms with Crippen LogP contribution >= 0.6 is 0 Å². The maximum atomic E-state index is 11.7. The first-order valence-corrected chi connectivity index (χ1v) is 6.22. The van der Waals surface area contributed by atoms with Gasteiger partial charge in [-0.05, 0) is 38.0 Å². The van der Waals surface area contributed by atoms with Crippen molar-refractivity contribution in [1.82, 2.24) is 5.32 Å². The summed E-state index contributed by atoms with van der Waals surface area (Å²) in [5.41, 5.74) is 1.06. The van der Waals surface area contributed by atoms with Crippen LogP contribution in [-0.4, -0.2) is 29.6 Å². The number of nitrogens with one attached hydrogen (secondary N) is 1. The standard InChI is InChI=1S/C14H19NO4/c1-10-5-3-6-12(9-10)19-11(2)14(18)15-8-4-7-13(16)17/h3,5-6,9,11H,4,7-8H2,1-2H3,(H,15,18)(H,16,17). The lowest BCUT2D eigenvalue weighted by molar-refractivity contribution is -0.137. The molecule has 0 heterocycles. The molecule has 0 aliphatic rings. The van der Waals surface area contributed by atoms with E-state index >= 15 is 0 Å². The minimum Gasteiger partial charge on any atom is -0.481 e. The topological polar surface area (TPSA) is 75.6 Å². The predicted octanol–water partition coefficient (Wildman–Crippen LogP) is 1.74.